The molecular formula is C14H17ClN2O3. The van der Waals surface area contributed by atoms with Crippen molar-refractivity contribution in [3.63, 3.8) is 0 Å². The van der Waals surface area contributed by atoms with Crippen molar-refractivity contribution in [1.82, 2.24) is 5.32 Å². The number of hydrogen-bond donors (Lipinski definition) is 1. The van der Waals surface area contributed by atoms with Gasteiger partial charge < -0.3 is 15.0 Å². The van der Waals surface area contributed by atoms with Crippen LogP contribution in [-0.4, -0.2) is 31.0 Å². The van der Waals surface area contributed by atoms with E-state index in [-0.39, 0.29) is 18.2 Å². The van der Waals surface area contributed by atoms with Gasteiger partial charge in [0.1, 0.15) is 11.3 Å². The average Bonchev–Trinajstić information content (AvgIpc) is 2.47. The summed E-state index contributed by atoms with van der Waals surface area (Å²) >= 11 is 6.01. The van der Waals surface area contributed by atoms with Crippen molar-refractivity contribution < 1.29 is 14.3 Å². The summed E-state index contributed by atoms with van der Waals surface area (Å²) in [5.74, 6) is 0.212. The zero-order valence-electron chi connectivity index (χ0n) is 11.7. The van der Waals surface area contributed by atoms with E-state index in [1.54, 1.807) is 36.9 Å². The number of hydrogen-bond acceptors (Lipinski definition) is 3. The van der Waals surface area contributed by atoms with Gasteiger partial charge in [-0.2, -0.15) is 0 Å². The van der Waals surface area contributed by atoms with Crippen molar-refractivity contribution in [2.75, 3.05) is 18.6 Å². The smallest absolute Gasteiger partial charge is 0.252 e. The predicted molar refractivity (Wildman–Crippen MR) is 77.2 cm³/mol. The predicted octanol–water partition coefficient (Wildman–Crippen LogP) is 1.98. The van der Waals surface area contributed by atoms with Gasteiger partial charge in [0.15, 0.2) is 0 Å². The highest BCUT2D eigenvalue weighted by atomic mass is 35.5. The Hall–Kier alpha value is -1.75. The Kier molecular flexibility index (Phi) is 3.90. The maximum absolute atomic E-state index is 12.6. The van der Waals surface area contributed by atoms with Crippen molar-refractivity contribution in [2.24, 2.45) is 0 Å². The molecule has 20 heavy (non-hydrogen) atoms. The van der Waals surface area contributed by atoms with E-state index in [1.165, 1.54) is 7.11 Å². The van der Waals surface area contributed by atoms with E-state index in [4.69, 9.17) is 16.3 Å². The summed E-state index contributed by atoms with van der Waals surface area (Å²) < 4.78 is 5.28. The molecule has 6 heteroatoms. The molecule has 1 aromatic rings. The Balaban J connectivity index is 2.47. The summed E-state index contributed by atoms with van der Waals surface area (Å²) in [7, 11) is 1.53. The van der Waals surface area contributed by atoms with Crippen molar-refractivity contribution in [3.8, 4) is 5.75 Å². The van der Waals surface area contributed by atoms with Crippen LogP contribution in [0.4, 0.5) is 5.69 Å². The Morgan fingerprint density at radius 1 is 1.35 bits per heavy atom. The molecule has 0 bridgehead atoms. The Morgan fingerprint density at radius 3 is 2.70 bits per heavy atom. The van der Waals surface area contributed by atoms with E-state index in [1.807, 2.05) is 0 Å². The molecule has 1 aromatic carbocycles. The van der Waals surface area contributed by atoms with E-state index in [9.17, 15) is 9.59 Å². The summed E-state index contributed by atoms with van der Waals surface area (Å²) in [6.45, 7) is 3.66. The van der Waals surface area contributed by atoms with Gasteiger partial charge in [-0.25, -0.2) is 0 Å². The lowest BCUT2D eigenvalue weighted by Crippen LogP contribution is -2.53. The van der Waals surface area contributed by atoms with Crippen LogP contribution in [0.5, 0.6) is 5.75 Å². The number of methoxy groups -OCH3 is 1. The monoisotopic (exact) mass is 296 g/mol. The molecule has 2 amide bonds. The molecule has 1 aliphatic heterocycles. The number of halogens is 1. The Labute approximate surface area is 122 Å². The number of rotatable bonds is 2. The molecule has 0 aliphatic carbocycles. The second kappa shape index (κ2) is 5.32. The lowest BCUT2D eigenvalue weighted by atomic mass is 10.0. The number of nitrogens with one attached hydrogen (secondary N) is 1. The van der Waals surface area contributed by atoms with Crippen LogP contribution in [0, 0.1) is 0 Å². The first-order valence-corrected chi connectivity index (χ1v) is 6.69. The standard InChI is InChI=1S/C14H17ClN2O3/c1-14(2)13(19)17(7-6-12(18)16-14)10-8-9(15)4-5-11(10)20-3/h4-5,8H,6-7H2,1-3H3,(H,16,18). The van der Waals surface area contributed by atoms with E-state index in [0.29, 0.717) is 23.0 Å². The van der Waals surface area contributed by atoms with Crippen LogP contribution in [0.15, 0.2) is 18.2 Å². The maximum Gasteiger partial charge on any atom is 0.252 e. The molecule has 0 unspecified atom stereocenters. The highest BCUT2D eigenvalue weighted by Gasteiger charge is 2.38. The second-order valence-corrected chi connectivity index (χ2v) is 5.63. The molecule has 2 rings (SSSR count). The number of carbonyl (C=O) groups excluding carboxylic acids is 2. The summed E-state index contributed by atoms with van der Waals surface area (Å²) in [6.07, 6.45) is 0.241. The van der Waals surface area contributed by atoms with Crippen molar-refractivity contribution in [3.05, 3.63) is 23.2 Å². The van der Waals surface area contributed by atoms with Crippen LogP contribution >= 0.6 is 11.6 Å². The average molecular weight is 297 g/mol. The molecule has 1 N–H and O–H groups in total. The number of benzene rings is 1. The SMILES string of the molecule is COc1ccc(Cl)cc1N1CCC(=O)NC(C)(C)C1=O. The van der Waals surface area contributed by atoms with Gasteiger partial charge >= 0.3 is 0 Å². The minimum atomic E-state index is -0.957. The number of amides is 2. The molecule has 0 spiro atoms. The van der Waals surface area contributed by atoms with Gasteiger partial charge in [0.25, 0.3) is 5.91 Å². The summed E-state index contributed by atoms with van der Waals surface area (Å²) in [5.41, 5.74) is -0.379. The molecule has 0 radical (unpaired) electrons. The lowest BCUT2D eigenvalue weighted by molar-refractivity contribution is -0.128. The second-order valence-electron chi connectivity index (χ2n) is 5.20. The normalized spacial score (nSPS) is 18.5. The highest BCUT2D eigenvalue weighted by molar-refractivity contribution is 6.31. The van der Waals surface area contributed by atoms with Gasteiger partial charge in [-0.1, -0.05) is 11.6 Å². The third kappa shape index (κ3) is 2.72. The molecule has 1 fully saturated rings. The molecule has 0 aromatic heterocycles. The molecule has 108 valence electrons. The number of carbonyl (C=O) groups is 2. The van der Waals surface area contributed by atoms with Crippen molar-refractivity contribution in [1.29, 1.82) is 0 Å². The first-order valence-electron chi connectivity index (χ1n) is 6.31. The van der Waals surface area contributed by atoms with Crippen LogP contribution in [0.1, 0.15) is 20.3 Å². The largest absolute Gasteiger partial charge is 0.495 e. The summed E-state index contributed by atoms with van der Waals surface area (Å²) in [4.78, 5) is 25.8. The molecule has 1 saturated heterocycles. The van der Waals surface area contributed by atoms with Gasteiger partial charge in [-0.15, -0.1) is 0 Å². The van der Waals surface area contributed by atoms with Crippen molar-refractivity contribution in [2.45, 2.75) is 25.8 Å². The van der Waals surface area contributed by atoms with Gasteiger partial charge in [-0.3, -0.25) is 9.59 Å². The number of ether oxygens (including phenoxy) is 1. The van der Waals surface area contributed by atoms with Crippen LogP contribution in [0.3, 0.4) is 0 Å². The molecular weight excluding hydrogens is 280 g/mol. The van der Waals surface area contributed by atoms with E-state index < -0.39 is 5.54 Å². The Bertz CT molecular complexity index is 557. The quantitative estimate of drug-likeness (QED) is 0.908. The fourth-order valence-electron chi connectivity index (χ4n) is 2.22. The first kappa shape index (κ1) is 14.7. The summed E-state index contributed by atoms with van der Waals surface area (Å²) in [6, 6.07) is 5.07. The van der Waals surface area contributed by atoms with Gasteiger partial charge in [0.2, 0.25) is 5.91 Å². The number of nitrogens with zero attached hydrogens (tertiary/aromatic N) is 1. The first-order chi connectivity index (χ1) is 9.35. The maximum atomic E-state index is 12.6. The summed E-state index contributed by atoms with van der Waals surface area (Å²) in [5, 5.41) is 3.22. The van der Waals surface area contributed by atoms with Gasteiger partial charge in [-0.05, 0) is 32.0 Å². The zero-order valence-corrected chi connectivity index (χ0v) is 12.5. The Morgan fingerprint density at radius 2 is 2.05 bits per heavy atom. The number of anilines is 1. The topological polar surface area (TPSA) is 58.6 Å². The lowest BCUT2D eigenvalue weighted by Gasteiger charge is -2.29. The third-order valence-electron chi connectivity index (χ3n) is 3.23. The van der Waals surface area contributed by atoms with E-state index >= 15 is 0 Å². The van der Waals surface area contributed by atoms with Crippen LogP contribution in [0.25, 0.3) is 0 Å². The van der Waals surface area contributed by atoms with E-state index in [0.717, 1.165) is 0 Å². The molecule has 1 aliphatic rings. The van der Waals surface area contributed by atoms with Gasteiger partial charge in [0, 0.05) is 18.0 Å². The van der Waals surface area contributed by atoms with Crippen LogP contribution < -0.4 is 15.0 Å². The van der Waals surface area contributed by atoms with Crippen LogP contribution in [-0.2, 0) is 9.59 Å². The zero-order chi connectivity index (χ0) is 14.9. The highest BCUT2D eigenvalue weighted by Crippen LogP contribution is 2.33. The van der Waals surface area contributed by atoms with E-state index in [2.05, 4.69) is 5.32 Å². The fourth-order valence-corrected chi connectivity index (χ4v) is 2.39. The molecule has 5 nitrogen and oxygen atoms in total. The molecule has 0 saturated carbocycles. The van der Waals surface area contributed by atoms with Gasteiger partial charge in [0.05, 0.1) is 12.8 Å². The minimum Gasteiger partial charge on any atom is -0.495 e. The third-order valence-corrected chi connectivity index (χ3v) is 3.46. The molecule has 1 heterocycles. The van der Waals surface area contributed by atoms with Crippen LogP contribution in [0.2, 0.25) is 5.02 Å². The minimum absolute atomic E-state index is 0.146. The fraction of sp³-hybridized carbons (Fsp3) is 0.429. The van der Waals surface area contributed by atoms with Crippen molar-refractivity contribution >= 4 is 29.1 Å². The molecule has 0 atom stereocenters.